The molecule has 0 bridgehead atoms. The van der Waals surface area contributed by atoms with Gasteiger partial charge in [0.05, 0.1) is 5.02 Å². The van der Waals surface area contributed by atoms with Crippen LogP contribution in [0.15, 0.2) is 23.1 Å². The Balaban J connectivity index is 2.90. The van der Waals surface area contributed by atoms with Crippen LogP contribution in [-0.4, -0.2) is 33.0 Å². The molecular weight excluding hydrogens is 328 g/mol. The third-order valence-electron chi connectivity index (χ3n) is 2.98. The lowest BCUT2D eigenvalue weighted by Gasteiger charge is -2.15. The maximum absolute atomic E-state index is 12.4. The minimum atomic E-state index is -3.59. The molecule has 0 fully saturated rings. The van der Waals surface area contributed by atoms with E-state index < -0.39 is 10.0 Å². The lowest BCUT2D eigenvalue weighted by molar-refractivity contribution is 0.557. The molecule has 0 amide bonds. The van der Waals surface area contributed by atoms with Crippen LogP contribution >= 0.6 is 23.4 Å². The molecule has 1 aromatic rings. The first-order chi connectivity index (χ1) is 9.90. The average molecular weight is 351 g/mol. The van der Waals surface area contributed by atoms with Gasteiger partial charge >= 0.3 is 0 Å². The monoisotopic (exact) mass is 350 g/mol. The fourth-order valence-corrected chi connectivity index (χ4v) is 4.23. The van der Waals surface area contributed by atoms with Crippen LogP contribution in [0.25, 0.3) is 0 Å². The number of benzene rings is 1. The van der Waals surface area contributed by atoms with E-state index in [-0.39, 0.29) is 16.0 Å². The van der Waals surface area contributed by atoms with Crippen molar-refractivity contribution < 1.29 is 8.42 Å². The summed E-state index contributed by atoms with van der Waals surface area (Å²) in [7, 11) is -3.59. The number of nitrogens with one attached hydrogen (secondary N) is 2. The van der Waals surface area contributed by atoms with E-state index in [4.69, 9.17) is 11.6 Å². The Kier molecular flexibility index (Phi) is 8.05. The highest BCUT2D eigenvalue weighted by molar-refractivity contribution is 7.98. The lowest BCUT2D eigenvalue weighted by Crippen LogP contribution is -2.33. The number of hydrogen-bond acceptors (Lipinski definition) is 4. The molecule has 120 valence electrons. The summed E-state index contributed by atoms with van der Waals surface area (Å²) in [5.41, 5.74) is 0.901. The Bertz CT molecular complexity index is 550. The molecule has 7 heteroatoms. The van der Waals surface area contributed by atoms with Crippen molar-refractivity contribution in [3.8, 4) is 0 Å². The second-order valence-corrected chi connectivity index (χ2v) is 7.92. The highest BCUT2D eigenvalue weighted by Gasteiger charge is 2.20. The number of rotatable bonds is 9. The minimum absolute atomic E-state index is 0.115. The third-order valence-corrected chi connectivity index (χ3v) is 5.69. The van der Waals surface area contributed by atoms with E-state index in [1.165, 1.54) is 0 Å². The smallest absolute Gasteiger partial charge is 0.242 e. The van der Waals surface area contributed by atoms with Crippen LogP contribution in [0.1, 0.15) is 25.8 Å². The van der Waals surface area contributed by atoms with Crippen molar-refractivity contribution >= 4 is 33.4 Å². The first kappa shape index (κ1) is 18.8. The van der Waals surface area contributed by atoms with E-state index in [0.29, 0.717) is 6.54 Å². The standard InChI is InChI=1S/C14H23ClN2O2S2/c1-4-16-10-12-5-6-13(15)14(9-12)21(18,19)17-11(2)7-8-20-3/h5-6,9,11,16-17H,4,7-8,10H2,1-3H3. The minimum Gasteiger partial charge on any atom is -0.313 e. The molecule has 1 rings (SSSR count). The van der Waals surface area contributed by atoms with Crippen LogP contribution < -0.4 is 10.0 Å². The van der Waals surface area contributed by atoms with Crippen molar-refractivity contribution in [2.75, 3.05) is 18.6 Å². The van der Waals surface area contributed by atoms with Gasteiger partial charge in [0.2, 0.25) is 10.0 Å². The quantitative estimate of drug-likeness (QED) is 0.719. The summed E-state index contributed by atoms with van der Waals surface area (Å²) in [5.74, 6) is 0.915. The van der Waals surface area contributed by atoms with E-state index in [2.05, 4.69) is 10.0 Å². The molecule has 1 unspecified atom stereocenters. The van der Waals surface area contributed by atoms with E-state index in [0.717, 1.165) is 24.3 Å². The number of thioether (sulfide) groups is 1. The Hall–Kier alpha value is -0.270. The molecule has 1 aromatic carbocycles. The normalized spacial score (nSPS) is 13.3. The molecule has 0 saturated heterocycles. The van der Waals surface area contributed by atoms with Crippen LogP contribution in [0, 0.1) is 0 Å². The molecule has 0 saturated carbocycles. The predicted octanol–water partition coefficient (Wildman–Crippen LogP) is 2.87. The van der Waals surface area contributed by atoms with Gasteiger partial charge in [0, 0.05) is 12.6 Å². The Morgan fingerprint density at radius 2 is 2.10 bits per heavy atom. The molecule has 0 aliphatic rings. The van der Waals surface area contributed by atoms with Crippen LogP contribution in [0.3, 0.4) is 0 Å². The van der Waals surface area contributed by atoms with Crippen molar-refractivity contribution in [1.82, 2.24) is 10.0 Å². The Morgan fingerprint density at radius 1 is 1.38 bits per heavy atom. The summed E-state index contributed by atoms with van der Waals surface area (Å²) in [6.07, 6.45) is 2.79. The van der Waals surface area contributed by atoms with E-state index in [9.17, 15) is 8.42 Å². The molecule has 0 radical (unpaired) electrons. The van der Waals surface area contributed by atoms with Crippen molar-refractivity contribution in [3.63, 3.8) is 0 Å². The van der Waals surface area contributed by atoms with Crippen molar-refractivity contribution in [2.45, 2.75) is 37.8 Å². The SMILES string of the molecule is CCNCc1ccc(Cl)c(S(=O)(=O)NC(C)CCSC)c1. The Morgan fingerprint density at radius 3 is 2.71 bits per heavy atom. The van der Waals surface area contributed by atoms with E-state index >= 15 is 0 Å². The van der Waals surface area contributed by atoms with Crippen LogP contribution in [0.4, 0.5) is 0 Å². The van der Waals surface area contributed by atoms with Gasteiger partial charge in [-0.1, -0.05) is 24.6 Å². The summed E-state index contributed by atoms with van der Waals surface area (Å²) in [4.78, 5) is 0.149. The van der Waals surface area contributed by atoms with Gasteiger partial charge in [-0.05, 0) is 49.6 Å². The first-order valence-corrected chi connectivity index (χ1v) is 10.2. The summed E-state index contributed by atoms with van der Waals surface area (Å²) < 4.78 is 27.5. The largest absolute Gasteiger partial charge is 0.313 e. The maximum atomic E-state index is 12.4. The van der Waals surface area contributed by atoms with Crippen LogP contribution in [0.2, 0.25) is 5.02 Å². The summed E-state index contributed by atoms with van der Waals surface area (Å²) >= 11 is 7.76. The fourth-order valence-electron chi connectivity index (χ4n) is 1.81. The molecule has 0 aliphatic heterocycles. The topological polar surface area (TPSA) is 58.2 Å². The first-order valence-electron chi connectivity index (χ1n) is 6.91. The van der Waals surface area contributed by atoms with Gasteiger partial charge in [-0.2, -0.15) is 11.8 Å². The van der Waals surface area contributed by atoms with Gasteiger partial charge in [0.25, 0.3) is 0 Å². The van der Waals surface area contributed by atoms with Gasteiger partial charge in [-0.25, -0.2) is 13.1 Å². The van der Waals surface area contributed by atoms with Gasteiger partial charge in [-0.15, -0.1) is 0 Å². The number of sulfonamides is 1. The zero-order valence-corrected chi connectivity index (χ0v) is 15.0. The van der Waals surface area contributed by atoms with Gasteiger partial charge in [0.1, 0.15) is 4.90 Å². The third kappa shape index (κ3) is 6.16. The Labute approximate surface area is 137 Å². The molecule has 0 aromatic heterocycles. The van der Waals surface area contributed by atoms with Crippen LogP contribution in [-0.2, 0) is 16.6 Å². The predicted molar refractivity (Wildman–Crippen MR) is 91.6 cm³/mol. The summed E-state index contributed by atoms with van der Waals surface area (Å²) in [5, 5.41) is 3.42. The highest BCUT2D eigenvalue weighted by atomic mass is 35.5. The zero-order valence-electron chi connectivity index (χ0n) is 12.6. The molecule has 0 aliphatic carbocycles. The van der Waals surface area contributed by atoms with Crippen LogP contribution in [0.5, 0.6) is 0 Å². The van der Waals surface area contributed by atoms with Gasteiger partial charge < -0.3 is 5.32 Å². The van der Waals surface area contributed by atoms with E-state index in [1.807, 2.05) is 26.2 Å². The van der Waals surface area contributed by atoms with E-state index in [1.54, 1.807) is 23.9 Å². The van der Waals surface area contributed by atoms with Crippen molar-refractivity contribution in [2.24, 2.45) is 0 Å². The number of hydrogen-bond donors (Lipinski definition) is 2. The summed E-state index contributed by atoms with van der Waals surface area (Å²) in [6.45, 7) is 5.32. The second kappa shape index (κ2) is 9.00. The van der Waals surface area contributed by atoms with Gasteiger partial charge in [0.15, 0.2) is 0 Å². The average Bonchev–Trinajstić information content (AvgIpc) is 2.43. The van der Waals surface area contributed by atoms with Gasteiger partial charge in [-0.3, -0.25) is 0 Å². The molecule has 21 heavy (non-hydrogen) atoms. The zero-order chi connectivity index (χ0) is 15.9. The molecule has 0 heterocycles. The fraction of sp³-hybridized carbons (Fsp3) is 0.571. The highest BCUT2D eigenvalue weighted by Crippen LogP contribution is 2.23. The van der Waals surface area contributed by atoms with Crippen molar-refractivity contribution in [3.05, 3.63) is 28.8 Å². The second-order valence-electron chi connectivity index (χ2n) is 4.85. The van der Waals surface area contributed by atoms with Crippen molar-refractivity contribution in [1.29, 1.82) is 0 Å². The molecule has 1 atom stereocenters. The molecular formula is C14H23ClN2O2S2. The number of halogens is 1. The molecule has 0 spiro atoms. The lowest BCUT2D eigenvalue weighted by atomic mass is 10.2. The molecule has 2 N–H and O–H groups in total. The maximum Gasteiger partial charge on any atom is 0.242 e. The molecule has 4 nitrogen and oxygen atoms in total. The summed E-state index contributed by atoms with van der Waals surface area (Å²) in [6, 6.07) is 4.99.